The number of ketones is 1. The molecule has 0 saturated heterocycles. The summed E-state index contributed by atoms with van der Waals surface area (Å²) in [4.78, 5) is 24.4. The molecule has 0 radical (unpaired) electrons. The highest BCUT2D eigenvalue weighted by Gasteiger charge is 2.35. The molecule has 0 bridgehead atoms. The van der Waals surface area contributed by atoms with E-state index in [1.165, 1.54) is 11.8 Å². The Morgan fingerprint density at radius 2 is 1.89 bits per heavy atom. The van der Waals surface area contributed by atoms with Crippen LogP contribution in [0.5, 0.6) is 0 Å². The largest absolute Gasteiger partial charge is 0.459 e. The van der Waals surface area contributed by atoms with Crippen molar-refractivity contribution in [2.24, 2.45) is 17.8 Å². The number of allylic oxidation sites excluding steroid dienone is 3. The van der Waals surface area contributed by atoms with Crippen molar-refractivity contribution < 1.29 is 19.1 Å². The molecule has 0 saturated carbocycles. The molecule has 1 heterocycles. The molecule has 2 rings (SSSR count). The molecule has 1 aromatic carbocycles. The summed E-state index contributed by atoms with van der Waals surface area (Å²) >= 11 is 0. The maximum atomic E-state index is 13.0. The van der Waals surface area contributed by atoms with Gasteiger partial charge in [-0.15, -0.1) is 0 Å². The molecular formula is C24H32O4. The van der Waals surface area contributed by atoms with Crippen LogP contribution in [0.25, 0.3) is 0 Å². The number of hydrogen-bond donors (Lipinski definition) is 0. The van der Waals surface area contributed by atoms with Gasteiger partial charge in [0.25, 0.3) is 0 Å². The molecule has 152 valence electrons. The van der Waals surface area contributed by atoms with E-state index in [2.05, 4.69) is 26.8 Å². The second-order valence-electron chi connectivity index (χ2n) is 8.00. The van der Waals surface area contributed by atoms with Gasteiger partial charge in [-0.2, -0.15) is 0 Å². The van der Waals surface area contributed by atoms with Crippen LogP contribution in [0.3, 0.4) is 0 Å². The van der Waals surface area contributed by atoms with E-state index in [0.717, 1.165) is 24.7 Å². The fraction of sp³-hybridized carbons (Fsp3) is 0.500. The summed E-state index contributed by atoms with van der Waals surface area (Å²) in [6, 6.07) is 9.92. The second kappa shape index (κ2) is 10.8. The average molecular weight is 385 g/mol. The number of ether oxygens (including phenoxy) is 2. The zero-order valence-electron chi connectivity index (χ0n) is 17.4. The van der Waals surface area contributed by atoms with Gasteiger partial charge in [0.2, 0.25) is 6.29 Å². The SMILES string of the molecule is CC(C)=CCCC(C)CC(=O)C(C1=COC(Cc2ccccc2)O1)C(C)C=O. The van der Waals surface area contributed by atoms with Gasteiger partial charge >= 0.3 is 0 Å². The summed E-state index contributed by atoms with van der Waals surface area (Å²) in [6.45, 7) is 8.00. The van der Waals surface area contributed by atoms with Crippen LogP contribution in [-0.2, 0) is 25.5 Å². The maximum Gasteiger partial charge on any atom is 0.244 e. The third-order valence-electron chi connectivity index (χ3n) is 5.00. The van der Waals surface area contributed by atoms with E-state index >= 15 is 0 Å². The van der Waals surface area contributed by atoms with E-state index in [4.69, 9.17) is 9.47 Å². The monoisotopic (exact) mass is 384 g/mol. The normalized spacial score (nSPS) is 18.9. The number of carbonyl (C=O) groups is 2. The van der Waals surface area contributed by atoms with Crippen molar-refractivity contribution in [1.29, 1.82) is 0 Å². The van der Waals surface area contributed by atoms with Crippen LogP contribution in [0.15, 0.2) is 54.0 Å². The standard InChI is InChI=1S/C24H32O4/c1-17(2)9-8-10-18(3)13-21(26)24(19(4)15-25)22-16-27-23(28-22)14-20-11-6-5-7-12-20/h5-7,9,11-12,15-16,18-19,23-24H,8,10,13-14H2,1-4H3. The Bertz CT molecular complexity index is 701. The van der Waals surface area contributed by atoms with Gasteiger partial charge in [-0.05, 0) is 38.2 Å². The third kappa shape index (κ3) is 6.66. The van der Waals surface area contributed by atoms with E-state index in [0.29, 0.717) is 18.6 Å². The van der Waals surface area contributed by atoms with E-state index < -0.39 is 18.1 Å². The third-order valence-corrected chi connectivity index (χ3v) is 5.00. The van der Waals surface area contributed by atoms with Gasteiger partial charge in [-0.1, -0.05) is 55.8 Å². The van der Waals surface area contributed by atoms with E-state index in [-0.39, 0.29) is 11.7 Å². The second-order valence-corrected chi connectivity index (χ2v) is 8.00. The molecule has 0 fully saturated rings. The summed E-state index contributed by atoms with van der Waals surface area (Å²) in [5.74, 6) is -0.249. The first-order valence-electron chi connectivity index (χ1n) is 10.1. The Hall–Kier alpha value is -2.36. The number of hydrogen-bond acceptors (Lipinski definition) is 4. The van der Waals surface area contributed by atoms with Crippen molar-refractivity contribution in [1.82, 2.24) is 0 Å². The number of carbonyl (C=O) groups excluding carboxylic acids is 2. The van der Waals surface area contributed by atoms with Crippen molar-refractivity contribution in [3.63, 3.8) is 0 Å². The smallest absolute Gasteiger partial charge is 0.244 e. The average Bonchev–Trinajstić information content (AvgIpc) is 3.10. The summed E-state index contributed by atoms with van der Waals surface area (Å²) in [5, 5.41) is 0. The van der Waals surface area contributed by atoms with Crippen molar-refractivity contribution in [2.75, 3.05) is 0 Å². The molecule has 28 heavy (non-hydrogen) atoms. The summed E-state index contributed by atoms with van der Waals surface area (Å²) in [5.41, 5.74) is 2.39. The minimum atomic E-state index is -0.579. The van der Waals surface area contributed by atoms with Crippen molar-refractivity contribution in [3.05, 3.63) is 59.6 Å². The van der Waals surface area contributed by atoms with Crippen LogP contribution < -0.4 is 0 Å². The van der Waals surface area contributed by atoms with Gasteiger partial charge < -0.3 is 14.3 Å². The fourth-order valence-corrected chi connectivity index (χ4v) is 3.41. The molecule has 0 N–H and O–H groups in total. The number of Topliss-reactive ketones (excluding diaryl/α,β-unsaturated/α-hetero) is 1. The molecule has 4 nitrogen and oxygen atoms in total. The van der Waals surface area contributed by atoms with Gasteiger partial charge in [0.1, 0.15) is 24.1 Å². The molecule has 4 heteroatoms. The molecule has 0 amide bonds. The van der Waals surface area contributed by atoms with Gasteiger partial charge in [-0.3, -0.25) is 4.79 Å². The molecule has 0 aliphatic carbocycles. The van der Waals surface area contributed by atoms with E-state index in [1.807, 2.05) is 30.3 Å². The lowest BCUT2D eigenvalue weighted by Gasteiger charge is -2.22. The Balaban J connectivity index is 1.96. The van der Waals surface area contributed by atoms with E-state index in [9.17, 15) is 9.59 Å². The molecule has 0 aromatic heterocycles. The van der Waals surface area contributed by atoms with Gasteiger partial charge in [0.15, 0.2) is 0 Å². The molecule has 4 atom stereocenters. The minimum Gasteiger partial charge on any atom is -0.459 e. The van der Waals surface area contributed by atoms with Crippen LogP contribution in [0.2, 0.25) is 0 Å². The highest BCUT2D eigenvalue weighted by Crippen LogP contribution is 2.31. The molecular weight excluding hydrogens is 352 g/mol. The van der Waals surface area contributed by atoms with Crippen LogP contribution in [0.4, 0.5) is 0 Å². The quantitative estimate of drug-likeness (QED) is 0.387. The molecule has 4 unspecified atom stereocenters. The Morgan fingerprint density at radius 1 is 1.18 bits per heavy atom. The predicted molar refractivity (Wildman–Crippen MR) is 110 cm³/mol. The zero-order valence-corrected chi connectivity index (χ0v) is 17.4. The van der Waals surface area contributed by atoms with Gasteiger partial charge in [0.05, 0.1) is 5.92 Å². The number of rotatable bonds is 11. The number of benzene rings is 1. The summed E-state index contributed by atoms with van der Waals surface area (Å²) < 4.78 is 11.5. The Kier molecular flexibility index (Phi) is 8.49. The first-order valence-corrected chi connectivity index (χ1v) is 10.1. The summed E-state index contributed by atoms with van der Waals surface area (Å²) in [7, 11) is 0. The van der Waals surface area contributed by atoms with Gasteiger partial charge in [-0.25, -0.2) is 0 Å². The summed E-state index contributed by atoms with van der Waals surface area (Å²) in [6.07, 6.45) is 7.02. The lowest BCUT2D eigenvalue weighted by atomic mass is 9.84. The fourth-order valence-electron chi connectivity index (χ4n) is 3.41. The lowest BCUT2D eigenvalue weighted by molar-refractivity contribution is -0.129. The van der Waals surface area contributed by atoms with Crippen LogP contribution in [0, 0.1) is 17.8 Å². The van der Waals surface area contributed by atoms with Crippen molar-refractivity contribution in [3.8, 4) is 0 Å². The molecule has 1 aliphatic rings. The van der Waals surface area contributed by atoms with Crippen LogP contribution in [0.1, 0.15) is 52.5 Å². The zero-order chi connectivity index (χ0) is 20.5. The predicted octanol–water partition coefficient (Wildman–Crippen LogP) is 5.24. The highest BCUT2D eigenvalue weighted by atomic mass is 16.7. The Labute approximate surface area is 168 Å². The van der Waals surface area contributed by atoms with Crippen molar-refractivity contribution in [2.45, 2.75) is 59.7 Å². The molecule has 1 aliphatic heterocycles. The Morgan fingerprint density at radius 3 is 2.54 bits per heavy atom. The highest BCUT2D eigenvalue weighted by molar-refractivity contribution is 5.86. The topological polar surface area (TPSA) is 52.6 Å². The molecule has 1 aromatic rings. The van der Waals surface area contributed by atoms with Crippen LogP contribution >= 0.6 is 0 Å². The maximum absolute atomic E-state index is 13.0. The minimum absolute atomic E-state index is 0.0412. The molecule has 0 spiro atoms. The lowest BCUT2D eigenvalue weighted by Crippen LogP contribution is -2.28. The van der Waals surface area contributed by atoms with Crippen molar-refractivity contribution >= 4 is 12.1 Å². The first kappa shape index (κ1) is 21.9. The van der Waals surface area contributed by atoms with E-state index in [1.54, 1.807) is 6.92 Å². The first-order chi connectivity index (χ1) is 13.4. The van der Waals surface area contributed by atoms with Crippen LogP contribution in [-0.4, -0.2) is 18.4 Å². The number of aldehydes is 1. The van der Waals surface area contributed by atoms with Gasteiger partial charge in [0, 0.05) is 18.8 Å².